The van der Waals surface area contributed by atoms with Crippen molar-refractivity contribution in [1.29, 1.82) is 0 Å². The molecular formula is C16H16N4OS. The standard InChI is InChI=1S/C16H16N4OS/c21-14(12-4-3-5-13-17-8-10-20(12)13)19-16(6-1-2-7-16)15-18-9-11-22-15/h3-5,8-11H,1-2,6-7H2,(H,19,21). The Hall–Kier alpha value is -2.21. The smallest absolute Gasteiger partial charge is 0.269 e. The summed E-state index contributed by atoms with van der Waals surface area (Å²) in [5.74, 6) is -0.0688. The van der Waals surface area contributed by atoms with Crippen LogP contribution in [0.5, 0.6) is 0 Å². The van der Waals surface area contributed by atoms with Crippen molar-refractivity contribution in [3.8, 4) is 0 Å². The van der Waals surface area contributed by atoms with Crippen molar-refractivity contribution in [3.05, 3.63) is 52.9 Å². The number of rotatable bonds is 3. The summed E-state index contributed by atoms with van der Waals surface area (Å²) in [6, 6.07) is 5.58. The van der Waals surface area contributed by atoms with Gasteiger partial charge in [-0.1, -0.05) is 18.9 Å². The molecular weight excluding hydrogens is 296 g/mol. The molecule has 3 aromatic rings. The summed E-state index contributed by atoms with van der Waals surface area (Å²) >= 11 is 1.62. The summed E-state index contributed by atoms with van der Waals surface area (Å²) < 4.78 is 1.82. The van der Waals surface area contributed by atoms with Gasteiger partial charge in [0.1, 0.15) is 16.3 Å². The molecule has 4 rings (SSSR count). The molecule has 0 bridgehead atoms. The predicted octanol–water partition coefficient (Wildman–Crippen LogP) is 2.99. The molecule has 0 radical (unpaired) electrons. The van der Waals surface area contributed by atoms with Crippen molar-refractivity contribution in [2.75, 3.05) is 0 Å². The largest absolute Gasteiger partial charge is 0.339 e. The molecule has 0 atom stereocenters. The Labute approximate surface area is 132 Å². The van der Waals surface area contributed by atoms with E-state index in [-0.39, 0.29) is 11.4 Å². The van der Waals surface area contributed by atoms with Gasteiger partial charge in [0.15, 0.2) is 0 Å². The van der Waals surface area contributed by atoms with E-state index in [1.165, 1.54) is 0 Å². The number of nitrogens with one attached hydrogen (secondary N) is 1. The molecule has 3 aromatic heterocycles. The fourth-order valence-electron chi connectivity index (χ4n) is 3.24. The van der Waals surface area contributed by atoms with Crippen molar-refractivity contribution in [2.45, 2.75) is 31.2 Å². The van der Waals surface area contributed by atoms with Crippen LogP contribution in [0.1, 0.15) is 41.2 Å². The minimum atomic E-state index is -0.312. The van der Waals surface area contributed by atoms with Crippen molar-refractivity contribution < 1.29 is 4.79 Å². The van der Waals surface area contributed by atoms with Gasteiger partial charge in [-0.05, 0) is 25.0 Å². The molecule has 0 unspecified atom stereocenters. The van der Waals surface area contributed by atoms with Crippen LogP contribution in [0.25, 0.3) is 5.65 Å². The van der Waals surface area contributed by atoms with E-state index < -0.39 is 0 Å². The van der Waals surface area contributed by atoms with E-state index in [2.05, 4.69) is 15.3 Å². The molecule has 3 heterocycles. The van der Waals surface area contributed by atoms with E-state index in [0.29, 0.717) is 5.69 Å². The number of pyridine rings is 1. The van der Waals surface area contributed by atoms with Gasteiger partial charge >= 0.3 is 0 Å². The molecule has 0 spiro atoms. The highest BCUT2D eigenvalue weighted by molar-refractivity contribution is 7.09. The summed E-state index contributed by atoms with van der Waals surface area (Å²) in [6.07, 6.45) is 9.47. The number of carbonyl (C=O) groups excluding carboxylic acids is 1. The fourth-order valence-corrected chi connectivity index (χ4v) is 4.10. The number of aromatic nitrogens is 3. The minimum absolute atomic E-state index is 0.0688. The van der Waals surface area contributed by atoms with Gasteiger partial charge in [-0.25, -0.2) is 9.97 Å². The summed E-state index contributed by atoms with van der Waals surface area (Å²) in [4.78, 5) is 21.5. The van der Waals surface area contributed by atoms with E-state index in [0.717, 1.165) is 36.3 Å². The lowest BCUT2D eigenvalue weighted by Gasteiger charge is -2.28. The zero-order valence-electron chi connectivity index (χ0n) is 12.0. The highest BCUT2D eigenvalue weighted by Gasteiger charge is 2.39. The van der Waals surface area contributed by atoms with E-state index in [1.807, 2.05) is 40.4 Å². The van der Waals surface area contributed by atoms with Gasteiger partial charge < -0.3 is 5.32 Å². The number of thiazole rings is 1. The Morgan fingerprint density at radius 2 is 2.09 bits per heavy atom. The second-order valence-corrected chi connectivity index (χ2v) is 6.54. The maximum absolute atomic E-state index is 12.8. The normalized spacial score (nSPS) is 16.9. The minimum Gasteiger partial charge on any atom is -0.339 e. The topological polar surface area (TPSA) is 59.3 Å². The molecule has 1 saturated carbocycles. The molecule has 1 amide bonds. The fraction of sp³-hybridized carbons (Fsp3) is 0.312. The van der Waals surface area contributed by atoms with Gasteiger partial charge in [-0.3, -0.25) is 9.20 Å². The molecule has 1 N–H and O–H groups in total. The maximum Gasteiger partial charge on any atom is 0.269 e. The number of nitrogens with zero attached hydrogens (tertiary/aromatic N) is 3. The van der Waals surface area contributed by atoms with Crippen LogP contribution in [0.3, 0.4) is 0 Å². The average Bonchev–Trinajstić information content (AvgIpc) is 3.27. The van der Waals surface area contributed by atoms with Crippen LogP contribution in [0.15, 0.2) is 42.2 Å². The van der Waals surface area contributed by atoms with Crippen LogP contribution in [0.4, 0.5) is 0 Å². The summed E-state index contributed by atoms with van der Waals surface area (Å²) in [5.41, 5.74) is 1.08. The third-order valence-corrected chi connectivity index (χ3v) is 5.29. The Bertz CT molecular complexity index is 803. The third kappa shape index (κ3) is 2.11. The predicted molar refractivity (Wildman–Crippen MR) is 84.9 cm³/mol. The molecule has 1 aliphatic rings. The van der Waals surface area contributed by atoms with Crippen LogP contribution >= 0.6 is 11.3 Å². The average molecular weight is 312 g/mol. The lowest BCUT2D eigenvalue weighted by Crippen LogP contribution is -2.44. The van der Waals surface area contributed by atoms with E-state index in [9.17, 15) is 4.79 Å². The van der Waals surface area contributed by atoms with E-state index >= 15 is 0 Å². The second-order valence-electron chi connectivity index (χ2n) is 5.65. The number of hydrogen-bond donors (Lipinski definition) is 1. The lowest BCUT2D eigenvalue weighted by atomic mass is 9.98. The first-order chi connectivity index (χ1) is 10.8. The van der Waals surface area contributed by atoms with Gasteiger partial charge in [0.05, 0.1) is 5.54 Å². The first-order valence-electron chi connectivity index (χ1n) is 7.43. The Balaban J connectivity index is 1.70. The number of fused-ring (bicyclic) bond motifs is 1. The first kappa shape index (κ1) is 13.5. The van der Waals surface area contributed by atoms with Gasteiger partial charge in [0.25, 0.3) is 5.91 Å². The number of imidazole rings is 1. The van der Waals surface area contributed by atoms with Crippen LogP contribution in [-0.4, -0.2) is 20.3 Å². The van der Waals surface area contributed by atoms with Crippen molar-refractivity contribution in [1.82, 2.24) is 19.7 Å². The molecule has 0 aliphatic heterocycles. The lowest BCUT2D eigenvalue weighted by molar-refractivity contribution is 0.0891. The quantitative estimate of drug-likeness (QED) is 0.809. The molecule has 1 fully saturated rings. The molecule has 0 aromatic carbocycles. The van der Waals surface area contributed by atoms with E-state index in [4.69, 9.17) is 0 Å². The van der Waals surface area contributed by atoms with Crippen molar-refractivity contribution in [3.63, 3.8) is 0 Å². The number of hydrogen-bond acceptors (Lipinski definition) is 4. The van der Waals surface area contributed by atoms with E-state index in [1.54, 1.807) is 17.5 Å². The summed E-state index contributed by atoms with van der Waals surface area (Å²) in [6.45, 7) is 0. The molecule has 0 saturated heterocycles. The molecule has 1 aliphatic carbocycles. The number of amides is 1. The molecule has 22 heavy (non-hydrogen) atoms. The van der Waals surface area contributed by atoms with Crippen molar-refractivity contribution >= 4 is 22.9 Å². The zero-order chi connectivity index (χ0) is 15.0. The van der Waals surface area contributed by atoms with Gasteiger partial charge in [-0.15, -0.1) is 11.3 Å². The van der Waals surface area contributed by atoms with Crippen LogP contribution in [0, 0.1) is 0 Å². The van der Waals surface area contributed by atoms with Crippen LogP contribution in [0.2, 0.25) is 0 Å². The van der Waals surface area contributed by atoms with Crippen LogP contribution in [-0.2, 0) is 5.54 Å². The third-order valence-electron chi connectivity index (χ3n) is 4.31. The Morgan fingerprint density at radius 1 is 1.23 bits per heavy atom. The SMILES string of the molecule is O=C(NC1(c2nccs2)CCCC1)c1cccc2nccn12. The molecule has 6 heteroatoms. The monoisotopic (exact) mass is 312 g/mol. The molecule has 5 nitrogen and oxygen atoms in total. The molecule has 112 valence electrons. The van der Waals surface area contributed by atoms with Gasteiger partial charge in [0, 0.05) is 24.0 Å². The Morgan fingerprint density at radius 3 is 2.86 bits per heavy atom. The van der Waals surface area contributed by atoms with Gasteiger partial charge in [0.2, 0.25) is 0 Å². The highest BCUT2D eigenvalue weighted by Crippen LogP contribution is 2.39. The Kier molecular flexibility index (Phi) is 3.18. The zero-order valence-corrected chi connectivity index (χ0v) is 12.8. The summed E-state index contributed by atoms with van der Waals surface area (Å²) in [7, 11) is 0. The summed E-state index contributed by atoms with van der Waals surface area (Å²) in [5, 5.41) is 6.23. The number of carbonyl (C=O) groups is 1. The van der Waals surface area contributed by atoms with Crippen LogP contribution < -0.4 is 5.32 Å². The maximum atomic E-state index is 12.8. The highest BCUT2D eigenvalue weighted by atomic mass is 32.1. The van der Waals surface area contributed by atoms with Crippen molar-refractivity contribution in [2.24, 2.45) is 0 Å². The van der Waals surface area contributed by atoms with Gasteiger partial charge in [-0.2, -0.15) is 0 Å². The second kappa shape index (κ2) is 5.21. The first-order valence-corrected chi connectivity index (χ1v) is 8.31.